The lowest BCUT2D eigenvalue weighted by Crippen LogP contribution is -2.43. The van der Waals surface area contributed by atoms with E-state index < -0.39 is 0 Å². The first-order valence-corrected chi connectivity index (χ1v) is 8.56. The molecule has 0 unspecified atom stereocenters. The van der Waals surface area contributed by atoms with Crippen LogP contribution >= 0.6 is 50.6 Å². The third kappa shape index (κ3) is 2.96. The van der Waals surface area contributed by atoms with E-state index >= 15 is 0 Å². The highest BCUT2D eigenvalue weighted by molar-refractivity contribution is 9.10. The molecule has 0 spiro atoms. The Bertz CT molecular complexity index is 338. The van der Waals surface area contributed by atoms with E-state index in [0.29, 0.717) is 4.75 Å². The Morgan fingerprint density at radius 1 is 1.62 bits per heavy atom. The van der Waals surface area contributed by atoms with Crippen molar-refractivity contribution in [3.8, 4) is 0 Å². The molecule has 2 rings (SSSR count). The van der Waals surface area contributed by atoms with Gasteiger partial charge in [-0.05, 0) is 41.1 Å². The van der Waals surface area contributed by atoms with Crippen molar-refractivity contribution in [2.75, 3.05) is 12.8 Å². The zero-order chi connectivity index (χ0) is 11.6. The van der Waals surface area contributed by atoms with Crippen LogP contribution in [0.3, 0.4) is 0 Å². The van der Waals surface area contributed by atoms with E-state index in [1.54, 1.807) is 11.3 Å². The topological polar surface area (TPSA) is 12.0 Å². The van der Waals surface area contributed by atoms with Crippen molar-refractivity contribution < 1.29 is 0 Å². The number of nitrogens with one attached hydrogen (secondary N) is 1. The van der Waals surface area contributed by atoms with Gasteiger partial charge in [-0.2, -0.15) is 11.8 Å². The van der Waals surface area contributed by atoms with Gasteiger partial charge in [-0.15, -0.1) is 11.3 Å². The van der Waals surface area contributed by atoms with Gasteiger partial charge in [0.05, 0.1) is 0 Å². The number of hydrogen-bond donors (Lipinski definition) is 1. The van der Waals surface area contributed by atoms with Crippen molar-refractivity contribution in [2.45, 2.75) is 30.6 Å². The van der Waals surface area contributed by atoms with E-state index in [-0.39, 0.29) is 0 Å². The Hall–Kier alpha value is 0.780. The fourth-order valence-electron chi connectivity index (χ4n) is 1.92. The average Bonchev–Trinajstić information content (AvgIpc) is 2.51. The van der Waals surface area contributed by atoms with E-state index in [9.17, 15) is 0 Å². The monoisotopic (exact) mass is 339 g/mol. The third-order valence-electron chi connectivity index (χ3n) is 3.14. The molecule has 1 heterocycles. The summed E-state index contributed by atoms with van der Waals surface area (Å²) in [6.07, 6.45) is 6.32. The van der Waals surface area contributed by atoms with Crippen LogP contribution in [0, 0.1) is 0 Å². The number of halogens is 2. The van der Waals surface area contributed by atoms with Gasteiger partial charge in [0.2, 0.25) is 0 Å². The highest BCUT2D eigenvalue weighted by atomic mass is 79.9. The Morgan fingerprint density at radius 2 is 2.38 bits per heavy atom. The lowest BCUT2D eigenvalue weighted by atomic mass is 9.84. The Labute approximate surface area is 118 Å². The maximum atomic E-state index is 6.00. The molecule has 1 saturated carbocycles. The van der Waals surface area contributed by atoms with Crippen LogP contribution in [0.2, 0.25) is 4.34 Å². The highest BCUT2D eigenvalue weighted by Gasteiger charge is 2.35. The molecule has 0 radical (unpaired) electrons. The lowest BCUT2D eigenvalue weighted by Gasteiger charge is -2.40. The molecule has 0 aliphatic heterocycles. The van der Waals surface area contributed by atoms with Gasteiger partial charge in [0, 0.05) is 27.2 Å². The van der Waals surface area contributed by atoms with Gasteiger partial charge in [-0.25, -0.2) is 0 Å². The van der Waals surface area contributed by atoms with E-state index in [1.807, 2.05) is 11.8 Å². The molecule has 16 heavy (non-hydrogen) atoms. The standard InChI is InChI=1S/C11H15BrClNS2/c1-15-11(3-2-4-11)7-14-6-8-5-9(12)10(13)16-8/h5,14H,2-4,6-7H2,1H3. The normalized spacial score (nSPS) is 18.4. The van der Waals surface area contributed by atoms with Crippen LogP contribution in [0.1, 0.15) is 24.1 Å². The van der Waals surface area contributed by atoms with Crippen LogP contribution in [0.5, 0.6) is 0 Å². The molecular formula is C11H15BrClNS2. The predicted molar refractivity (Wildman–Crippen MR) is 78.8 cm³/mol. The number of hydrogen-bond acceptors (Lipinski definition) is 3. The van der Waals surface area contributed by atoms with Gasteiger partial charge in [-0.3, -0.25) is 0 Å². The largest absolute Gasteiger partial charge is 0.310 e. The predicted octanol–water partition coefficient (Wildman–Crippen LogP) is 4.54. The van der Waals surface area contributed by atoms with E-state index in [0.717, 1.165) is 21.9 Å². The van der Waals surface area contributed by atoms with E-state index in [4.69, 9.17) is 11.6 Å². The minimum atomic E-state index is 0.512. The first kappa shape index (κ1) is 13.2. The quantitative estimate of drug-likeness (QED) is 0.844. The third-order valence-corrected chi connectivity index (χ3v) is 7.03. The zero-order valence-electron chi connectivity index (χ0n) is 9.19. The van der Waals surface area contributed by atoms with Crippen molar-refractivity contribution >= 4 is 50.6 Å². The van der Waals surface area contributed by atoms with E-state index in [2.05, 4.69) is 33.6 Å². The number of rotatable bonds is 5. The second kappa shape index (κ2) is 5.61. The van der Waals surface area contributed by atoms with Gasteiger partial charge in [0.15, 0.2) is 0 Å². The van der Waals surface area contributed by atoms with Crippen molar-refractivity contribution in [1.82, 2.24) is 5.32 Å². The highest BCUT2D eigenvalue weighted by Crippen LogP contribution is 2.42. The average molecular weight is 341 g/mol. The summed E-state index contributed by atoms with van der Waals surface area (Å²) in [6, 6.07) is 2.10. The van der Waals surface area contributed by atoms with Crippen LogP contribution in [0.25, 0.3) is 0 Å². The molecular weight excluding hydrogens is 326 g/mol. The van der Waals surface area contributed by atoms with Crippen LogP contribution in [-0.4, -0.2) is 17.5 Å². The Balaban J connectivity index is 1.79. The molecule has 5 heteroatoms. The van der Waals surface area contributed by atoms with Crippen molar-refractivity contribution in [3.05, 3.63) is 19.8 Å². The zero-order valence-corrected chi connectivity index (χ0v) is 13.2. The van der Waals surface area contributed by atoms with Crippen LogP contribution in [0.4, 0.5) is 0 Å². The summed E-state index contributed by atoms with van der Waals surface area (Å²) in [7, 11) is 0. The molecule has 1 fully saturated rings. The first-order valence-electron chi connectivity index (χ1n) is 5.35. The minimum Gasteiger partial charge on any atom is -0.310 e. The van der Waals surface area contributed by atoms with Crippen molar-refractivity contribution in [3.63, 3.8) is 0 Å². The summed E-state index contributed by atoms with van der Waals surface area (Å²) in [6.45, 7) is 2.04. The molecule has 1 aliphatic carbocycles. The van der Waals surface area contributed by atoms with Crippen molar-refractivity contribution in [1.29, 1.82) is 0 Å². The molecule has 0 saturated heterocycles. The summed E-state index contributed by atoms with van der Waals surface area (Å²) in [5, 5.41) is 3.55. The lowest BCUT2D eigenvalue weighted by molar-refractivity contribution is 0.346. The van der Waals surface area contributed by atoms with Gasteiger partial charge in [0.1, 0.15) is 4.34 Å². The number of thiophene rings is 1. The summed E-state index contributed by atoms with van der Waals surface area (Å²) in [4.78, 5) is 1.30. The molecule has 1 N–H and O–H groups in total. The molecule has 0 aromatic carbocycles. The maximum Gasteiger partial charge on any atom is 0.107 e. The van der Waals surface area contributed by atoms with Crippen LogP contribution in [-0.2, 0) is 6.54 Å². The van der Waals surface area contributed by atoms with Gasteiger partial charge >= 0.3 is 0 Å². The summed E-state index contributed by atoms with van der Waals surface area (Å²) in [5.41, 5.74) is 0. The molecule has 0 bridgehead atoms. The SMILES string of the molecule is CSC1(CNCc2cc(Br)c(Cl)s2)CCC1. The fourth-order valence-corrected chi connectivity index (χ4v) is 4.62. The summed E-state index contributed by atoms with van der Waals surface area (Å²) < 4.78 is 2.37. The maximum absolute atomic E-state index is 6.00. The van der Waals surface area contributed by atoms with Gasteiger partial charge < -0.3 is 5.32 Å². The van der Waals surface area contributed by atoms with Gasteiger partial charge in [-0.1, -0.05) is 18.0 Å². The second-order valence-corrected chi connectivity index (χ2v) is 8.05. The Kier molecular flexibility index (Phi) is 4.64. The molecule has 0 amide bonds. The fraction of sp³-hybridized carbons (Fsp3) is 0.636. The Morgan fingerprint density at radius 3 is 2.81 bits per heavy atom. The molecule has 1 aliphatic rings. The molecule has 1 aromatic heterocycles. The van der Waals surface area contributed by atoms with Crippen molar-refractivity contribution in [2.24, 2.45) is 0 Å². The van der Waals surface area contributed by atoms with E-state index in [1.165, 1.54) is 24.1 Å². The molecule has 1 aromatic rings. The molecule has 1 nitrogen and oxygen atoms in total. The number of thioether (sulfide) groups is 1. The van der Waals surface area contributed by atoms with Gasteiger partial charge in [0.25, 0.3) is 0 Å². The van der Waals surface area contributed by atoms with Crippen LogP contribution in [0.15, 0.2) is 10.5 Å². The minimum absolute atomic E-state index is 0.512. The molecule has 0 atom stereocenters. The summed E-state index contributed by atoms with van der Waals surface area (Å²) in [5.74, 6) is 0. The molecule has 90 valence electrons. The smallest absolute Gasteiger partial charge is 0.107 e. The summed E-state index contributed by atoms with van der Waals surface area (Å²) >= 11 is 13.1. The van der Waals surface area contributed by atoms with Crippen LogP contribution < -0.4 is 5.32 Å². The second-order valence-electron chi connectivity index (χ2n) is 4.18. The first-order chi connectivity index (χ1) is 7.65.